The van der Waals surface area contributed by atoms with Crippen LogP contribution < -0.4 is 5.32 Å². The Morgan fingerprint density at radius 3 is 2.76 bits per heavy atom. The van der Waals surface area contributed by atoms with Crippen LogP contribution in [0.3, 0.4) is 0 Å². The summed E-state index contributed by atoms with van der Waals surface area (Å²) < 4.78 is 0. The van der Waals surface area contributed by atoms with Gasteiger partial charge < -0.3 is 15.1 Å². The number of rotatable bonds is 9. The average Bonchev–Trinajstić information content (AvgIpc) is 2.69. The lowest BCUT2D eigenvalue weighted by atomic mass is 10.1. The molecule has 0 radical (unpaired) electrons. The SMILES string of the molecule is CCCCCNCCN(C)CC1CCN(C)C1. The first-order chi connectivity index (χ1) is 8.22. The predicted molar refractivity (Wildman–Crippen MR) is 75.5 cm³/mol. The van der Waals surface area contributed by atoms with Gasteiger partial charge in [-0.3, -0.25) is 0 Å². The van der Waals surface area contributed by atoms with Crippen molar-refractivity contribution in [1.82, 2.24) is 15.1 Å². The van der Waals surface area contributed by atoms with Crippen LogP contribution in [-0.4, -0.2) is 63.2 Å². The Labute approximate surface area is 108 Å². The fourth-order valence-corrected chi connectivity index (χ4v) is 2.60. The summed E-state index contributed by atoms with van der Waals surface area (Å²) in [7, 11) is 4.49. The third-order valence-corrected chi connectivity index (χ3v) is 3.69. The zero-order chi connectivity index (χ0) is 12.5. The molecule has 1 heterocycles. The van der Waals surface area contributed by atoms with Crippen molar-refractivity contribution in [1.29, 1.82) is 0 Å². The molecular weight excluding hydrogens is 210 g/mol. The molecule has 1 unspecified atom stereocenters. The molecule has 1 rings (SSSR count). The Kier molecular flexibility index (Phi) is 7.82. The summed E-state index contributed by atoms with van der Waals surface area (Å²) in [6.45, 7) is 9.61. The minimum Gasteiger partial charge on any atom is -0.315 e. The molecule has 3 nitrogen and oxygen atoms in total. The Morgan fingerprint density at radius 2 is 2.12 bits per heavy atom. The molecule has 102 valence electrons. The highest BCUT2D eigenvalue weighted by Crippen LogP contribution is 2.14. The lowest BCUT2D eigenvalue weighted by Gasteiger charge is -2.21. The van der Waals surface area contributed by atoms with Crippen LogP contribution in [0.2, 0.25) is 0 Å². The van der Waals surface area contributed by atoms with E-state index in [1.54, 1.807) is 0 Å². The minimum absolute atomic E-state index is 0.894. The second-order valence-electron chi connectivity index (χ2n) is 5.64. The molecule has 1 aliphatic rings. The summed E-state index contributed by atoms with van der Waals surface area (Å²) in [5, 5.41) is 3.53. The Bertz CT molecular complexity index is 184. The van der Waals surface area contributed by atoms with Crippen molar-refractivity contribution in [3.63, 3.8) is 0 Å². The van der Waals surface area contributed by atoms with Crippen LogP contribution >= 0.6 is 0 Å². The van der Waals surface area contributed by atoms with Crippen LogP contribution in [0.25, 0.3) is 0 Å². The summed E-state index contributed by atoms with van der Waals surface area (Å²) in [6, 6.07) is 0. The molecule has 1 N–H and O–H groups in total. The van der Waals surface area contributed by atoms with E-state index >= 15 is 0 Å². The van der Waals surface area contributed by atoms with Gasteiger partial charge >= 0.3 is 0 Å². The van der Waals surface area contributed by atoms with Crippen molar-refractivity contribution in [2.75, 3.05) is 53.4 Å². The van der Waals surface area contributed by atoms with Crippen molar-refractivity contribution >= 4 is 0 Å². The topological polar surface area (TPSA) is 18.5 Å². The maximum atomic E-state index is 3.53. The third kappa shape index (κ3) is 7.02. The molecule has 0 amide bonds. The van der Waals surface area contributed by atoms with E-state index in [0.717, 1.165) is 12.5 Å². The number of likely N-dealkylation sites (tertiary alicyclic amines) is 1. The molecule has 0 aromatic rings. The standard InChI is InChI=1S/C14H31N3/c1-4-5-6-8-15-9-11-17(3)13-14-7-10-16(2)12-14/h14-15H,4-13H2,1-3H3. The molecule has 3 heteroatoms. The van der Waals surface area contributed by atoms with Crippen molar-refractivity contribution in [2.45, 2.75) is 32.6 Å². The second kappa shape index (κ2) is 8.90. The number of unbranched alkanes of at least 4 members (excludes halogenated alkanes) is 2. The Hall–Kier alpha value is -0.120. The molecule has 0 spiro atoms. The van der Waals surface area contributed by atoms with E-state index in [1.807, 2.05) is 0 Å². The summed E-state index contributed by atoms with van der Waals surface area (Å²) in [5.41, 5.74) is 0. The van der Waals surface area contributed by atoms with Gasteiger partial charge in [0.25, 0.3) is 0 Å². The van der Waals surface area contributed by atoms with Crippen molar-refractivity contribution in [3.05, 3.63) is 0 Å². The highest BCUT2D eigenvalue weighted by molar-refractivity contribution is 4.75. The maximum absolute atomic E-state index is 3.53. The van der Waals surface area contributed by atoms with E-state index in [0.29, 0.717) is 0 Å². The average molecular weight is 241 g/mol. The van der Waals surface area contributed by atoms with Gasteiger partial charge in [-0.2, -0.15) is 0 Å². The highest BCUT2D eigenvalue weighted by atomic mass is 15.2. The van der Waals surface area contributed by atoms with Crippen molar-refractivity contribution in [2.24, 2.45) is 5.92 Å². The van der Waals surface area contributed by atoms with Gasteiger partial charge in [0, 0.05) is 26.2 Å². The van der Waals surface area contributed by atoms with Gasteiger partial charge in [-0.25, -0.2) is 0 Å². The second-order valence-corrected chi connectivity index (χ2v) is 5.64. The smallest absolute Gasteiger partial charge is 0.0104 e. The first-order valence-electron chi connectivity index (χ1n) is 7.30. The first kappa shape index (κ1) is 14.9. The van der Waals surface area contributed by atoms with Crippen LogP contribution in [-0.2, 0) is 0 Å². The zero-order valence-electron chi connectivity index (χ0n) is 12.0. The monoisotopic (exact) mass is 241 g/mol. The summed E-state index contributed by atoms with van der Waals surface area (Å²) >= 11 is 0. The normalized spacial score (nSPS) is 21.5. The lowest BCUT2D eigenvalue weighted by Crippen LogP contribution is -2.33. The van der Waals surface area contributed by atoms with E-state index in [1.165, 1.54) is 58.4 Å². The predicted octanol–water partition coefficient (Wildman–Crippen LogP) is 1.65. The van der Waals surface area contributed by atoms with Gasteiger partial charge in [0.05, 0.1) is 0 Å². The molecule has 0 aliphatic carbocycles. The van der Waals surface area contributed by atoms with Crippen LogP contribution in [0.5, 0.6) is 0 Å². The van der Waals surface area contributed by atoms with Crippen LogP contribution in [0.15, 0.2) is 0 Å². The number of nitrogens with one attached hydrogen (secondary N) is 1. The van der Waals surface area contributed by atoms with Crippen LogP contribution in [0, 0.1) is 5.92 Å². The maximum Gasteiger partial charge on any atom is 0.0104 e. The van der Waals surface area contributed by atoms with Gasteiger partial charge in [-0.15, -0.1) is 0 Å². The molecule has 0 saturated carbocycles. The molecule has 1 atom stereocenters. The van der Waals surface area contributed by atoms with E-state index in [9.17, 15) is 0 Å². The van der Waals surface area contributed by atoms with Crippen molar-refractivity contribution in [3.8, 4) is 0 Å². The Morgan fingerprint density at radius 1 is 1.29 bits per heavy atom. The van der Waals surface area contributed by atoms with Gasteiger partial charge in [0.2, 0.25) is 0 Å². The molecule has 1 saturated heterocycles. The molecule has 0 aromatic carbocycles. The van der Waals surface area contributed by atoms with Crippen LogP contribution in [0.4, 0.5) is 0 Å². The fraction of sp³-hybridized carbons (Fsp3) is 1.00. The van der Waals surface area contributed by atoms with Gasteiger partial charge in [-0.1, -0.05) is 19.8 Å². The van der Waals surface area contributed by atoms with Crippen molar-refractivity contribution < 1.29 is 0 Å². The lowest BCUT2D eigenvalue weighted by molar-refractivity contribution is 0.273. The van der Waals surface area contributed by atoms with Gasteiger partial charge in [0.15, 0.2) is 0 Å². The highest BCUT2D eigenvalue weighted by Gasteiger charge is 2.20. The number of hydrogen-bond acceptors (Lipinski definition) is 3. The summed E-state index contributed by atoms with van der Waals surface area (Å²) in [6.07, 6.45) is 5.38. The first-order valence-corrected chi connectivity index (χ1v) is 7.30. The van der Waals surface area contributed by atoms with Gasteiger partial charge in [0.1, 0.15) is 0 Å². The molecule has 17 heavy (non-hydrogen) atoms. The van der Waals surface area contributed by atoms with E-state index in [4.69, 9.17) is 0 Å². The Balaban J connectivity index is 1.92. The van der Waals surface area contributed by atoms with E-state index in [-0.39, 0.29) is 0 Å². The molecule has 1 aliphatic heterocycles. The van der Waals surface area contributed by atoms with Gasteiger partial charge in [-0.05, 0) is 45.9 Å². The van der Waals surface area contributed by atoms with E-state index < -0.39 is 0 Å². The molecule has 0 aromatic heterocycles. The molecule has 1 fully saturated rings. The quantitative estimate of drug-likeness (QED) is 0.619. The molecular formula is C14H31N3. The number of nitrogens with zero attached hydrogens (tertiary/aromatic N) is 2. The third-order valence-electron chi connectivity index (χ3n) is 3.69. The molecule has 0 bridgehead atoms. The van der Waals surface area contributed by atoms with E-state index in [2.05, 4.69) is 36.1 Å². The minimum atomic E-state index is 0.894. The number of hydrogen-bond donors (Lipinski definition) is 1. The summed E-state index contributed by atoms with van der Waals surface area (Å²) in [4.78, 5) is 4.93. The zero-order valence-corrected chi connectivity index (χ0v) is 12.0. The number of likely N-dealkylation sites (N-methyl/N-ethyl adjacent to an activating group) is 1. The fourth-order valence-electron chi connectivity index (χ4n) is 2.60. The van der Waals surface area contributed by atoms with Crippen LogP contribution in [0.1, 0.15) is 32.6 Å². The summed E-state index contributed by atoms with van der Waals surface area (Å²) in [5.74, 6) is 0.894. The largest absolute Gasteiger partial charge is 0.315 e.